The Hall–Kier alpha value is -0.170. The van der Waals surface area contributed by atoms with E-state index in [0.29, 0.717) is 0 Å². The maximum atomic E-state index is 3.84. The van der Waals surface area contributed by atoms with Gasteiger partial charge in [0.2, 0.25) is 0 Å². The topological polar surface area (TPSA) is 0 Å². The van der Waals surface area contributed by atoms with Crippen molar-refractivity contribution in [2.45, 2.75) is 25.0 Å². The smallest absolute Gasteiger partial charge is 0.0144 e. The molecule has 0 N–H and O–H groups in total. The van der Waals surface area contributed by atoms with Crippen LogP contribution in [-0.4, -0.2) is 11.0 Å². The van der Waals surface area contributed by atoms with Crippen LogP contribution in [0.1, 0.15) is 19.8 Å². The Morgan fingerprint density at radius 3 is 2.67 bits per heavy atom. The molecular formula is C11H18S. The molecule has 68 valence electrons. The molecule has 0 aromatic carbocycles. The number of unbranched alkanes of at least 4 members (excludes halogenated alkanes) is 1. The summed E-state index contributed by atoms with van der Waals surface area (Å²) in [4.78, 5) is 0. The van der Waals surface area contributed by atoms with E-state index in [2.05, 4.69) is 37.9 Å². The fourth-order valence-electron chi connectivity index (χ4n) is 1.51. The molecule has 0 amide bonds. The molecule has 1 fully saturated rings. The predicted octanol–water partition coefficient (Wildman–Crippen LogP) is 3.51. The van der Waals surface area contributed by atoms with Gasteiger partial charge in [-0.1, -0.05) is 19.1 Å². The quantitative estimate of drug-likeness (QED) is 0.447. The minimum atomic E-state index is 0.790. The molecule has 0 bridgehead atoms. The van der Waals surface area contributed by atoms with Gasteiger partial charge in [0.1, 0.15) is 0 Å². The maximum Gasteiger partial charge on any atom is 0.0144 e. The molecule has 0 saturated heterocycles. The molecule has 1 rings (SSSR count). The molecule has 1 heteroatoms. The summed E-state index contributed by atoms with van der Waals surface area (Å²) >= 11 is 2.10. The second kappa shape index (κ2) is 4.76. The van der Waals surface area contributed by atoms with Crippen molar-refractivity contribution >= 4 is 11.8 Å². The molecule has 3 unspecified atom stereocenters. The predicted molar refractivity (Wildman–Crippen MR) is 58.5 cm³/mol. The van der Waals surface area contributed by atoms with Gasteiger partial charge in [0, 0.05) is 5.25 Å². The van der Waals surface area contributed by atoms with Crippen LogP contribution in [0.5, 0.6) is 0 Å². The van der Waals surface area contributed by atoms with Crippen LogP contribution < -0.4 is 0 Å². The first-order chi connectivity index (χ1) is 5.81. The lowest BCUT2D eigenvalue weighted by atomic mass is 10.3. The van der Waals surface area contributed by atoms with Crippen molar-refractivity contribution in [2.24, 2.45) is 11.8 Å². The molecule has 0 aromatic rings. The van der Waals surface area contributed by atoms with E-state index in [1.54, 1.807) is 0 Å². The summed E-state index contributed by atoms with van der Waals surface area (Å²) < 4.78 is 0. The van der Waals surface area contributed by atoms with Crippen molar-refractivity contribution in [3.8, 4) is 0 Å². The van der Waals surface area contributed by atoms with E-state index >= 15 is 0 Å². The summed E-state index contributed by atoms with van der Waals surface area (Å²) in [5.74, 6) is 2.95. The molecule has 1 aliphatic rings. The highest BCUT2D eigenvalue weighted by Gasteiger charge is 2.44. The fraction of sp³-hybridized carbons (Fsp3) is 0.636. The van der Waals surface area contributed by atoms with Crippen LogP contribution in [0.2, 0.25) is 0 Å². The third-order valence-corrected chi connectivity index (χ3v) is 4.15. The van der Waals surface area contributed by atoms with Gasteiger partial charge in [0.25, 0.3) is 0 Å². The highest BCUT2D eigenvalue weighted by molar-refractivity contribution is 8.00. The van der Waals surface area contributed by atoms with Gasteiger partial charge in [-0.2, -0.15) is 11.8 Å². The lowest BCUT2D eigenvalue weighted by Crippen LogP contribution is -1.84. The molecule has 0 radical (unpaired) electrons. The van der Waals surface area contributed by atoms with E-state index in [-0.39, 0.29) is 0 Å². The van der Waals surface area contributed by atoms with Gasteiger partial charge in [0.05, 0.1) is 0 Å². The van der Waals surface area contributed by atoms with Gasteiger partial charge in [-0.05, 0) is 30.4 Å². The van der Waals surface area contributed by atoms with E-state index in [0.717, 1.165) is 23.5 Å². The normalized spacial score (nSPS) is 32.9. The van der Waals surface area contributed by atoms with Gasteiger partial charge >= 0.3 is 0 Å². The Morgan fingerprint density at radius 1 is 1.42 bits per heavy atom. The minimum Gasteiger partial charge on any atom is -0.158 e. The number of allylic oxidation sites excluding steroid dienone is 2. The first-order valence-electron chi connectivity index (χ1n) is 4.66. The number of rotatable bonds is 6. The van der Waals surface area contributed by atoms with Crippen molar-refractivity contribution in [2.75, 3.05) is 5.75 Å². The fourth-order valence-corrected chi connectivity index (χ4v) is 3.10. The molecule has 0 heterocycles. The van der Waals surface area contributed by atoms with Gasteiger partial charge in [-0.3, -0.25) is 0 Å². The second-order valence-electron chi connectivity index (χ2n) is 3.44. The van der Waals surface area contributed by atoms with Gasteiger partial charge in [-0.15, -0.1) is 13.2 Å². The second-order valence-corrected chi connectivity index (χ2v) is 4.72. The van der Waals surface area contributed by atoms with Crippen LogP contribution >= 0.6 is 11.8 Å². The molecule has 1 aliphatic carbocycles. The summed E-state index contributed by atoms with van der Waals surface area (Å²) in [5.41, 5.74) is 0. The standard InChI is InChI=1S/C11H18S/c1-4-6-7-8-12-11-9(3)10(11)5-2/h4-5,9-11H,1-2,6-8H2,3H3. The Bertz CT molecular complexity index is 162. The SMILES string of the molecule is C=CCCCSC1C(C)C1C=C. The van der Waals surface area contributed by atoms with Crippen LogP contribution in [0.4, 0.5) is 0 Å². The van der Waals surface area contributed by atoms with Crippen LogP contribution in [0.25, 0.3) is 0 Å². The van der Waals surface area contributed by atoms with E-state index < -0.39 is 0 Å². The summed E-state index contributed by atoms with van der Waals surface area (Å²) in [6.45, 7) is 9.87. The van der Waals surface area contributed by atoms with Crippen LogP contribution in [0, 0.1) is 11.8 Å². The van der Waals surface area contributed by atoms with E-state index in [4.69, 9.17) is 0 Å². The van der Waals surface area contributed by atoms with E-state index in [1.807, 2.05) is 6.08 Å². The van der Waals surface area contributed by atoms with Gasteiger partial charge in [-0.25, -0.2) is 0 Å². The van der Waals surface area contributed by atoms with Gasteiger partial charge in [0.15, 0.2) is 0 Å². The molecule has 1 saturated carbocycles. The molecule has 0 aromatic heterocycles. The summed E-state index contributed by atoms with van der Waals surface area (Å²) in [5, 5.41) is 0.868. The summed E-state index contributed by atoms with van der Waals surface area (Å²) in [7, 11) is 0. The lowest BCUT2D eigenvalue weighted by Gasteiger charge is -1.96. The van der Waals surface area contributed by atoms with Crippen molar-refractivity contribution in [3.63, 3.8) is 0 Å². The Kier molecular flexibility index (Phi) is 3.93. The van der Waals surface area contributed by atoms with Crippen molar-refractivity contribution in [1.82, 2.24) is 0 Å². The molecule has 0 spiro atoms. The van der Waals surface area contributed by atoms with Crippen LogP contribution in [0.15, 0.2) is 25.3 Å². The first kappa shape index (κ1) is 9.91. The Morgan fingerprint density at radius 2 is 2.17 bits per heavy atom. The molecule has 0 nitrogen and oxygen atoms in total. The lowest BCUT2D eigenvalue weighted by molar-refractivity contribution is 0.901. The van der Waals surface area contributed by atoms with Crippen LogP contribution in [-0.2, 0) is 0 Å². The molecule has 0 aliphatic heterocycles. The largest absolute Gasteiger partial charge is 0.158 e. The van der Waals surface area contributed by atoms with E-state index in [1.165, 1.54) is 12.2 Å². The third kappa shape index (κ3) is 2.41. The first-order valence-corrected chi connectivity index (χ1v) is 5.71. The van der Waals surface area contributed by atoms with Crippen molar-refractivity contribution in [3.05, 3.63) is 25.3 Å². The molecular weight excluding hydrogens is 164 g/mol. The number of hydrogen-bond acceptors (Lipinski definition) is 1. The Labute approximate surface area is 80.1 Å². The number of thioether (sulfide) groups is 1. The van der Waals surface area contributed by atoms with Gasteiger partial charge < -0.3 is 0 Å². The zero-order valence-corrected chi connectivity index (χ0v) is 8.65. The van der Waals surface area contributed by atoms with Crippen molar-refractivity contribution in [1.29, 1.82) is 0 Å². The average molecular weight is 182 g/mol. The number of hydrogen-bond donors (Lipinski definition) is 0. The molecule has 12 heavy (non-hydrogen) atoms. The van der Waals surface area contributed by atoms with E-state index in [9.17, 15) is 0 Å². The highest BCUT2D eigenvalue weighted by Crippen LogP contribution is 2.48. The zero-order valence-electron chi connectivity index (χ0n) is 7.83. The summed E-state index contributed by atoms with van der Waals surface area (Å²) in [6.07, 6.45) is 6.55. The maximum absolute atomic E-state index is 3.84. The zero-order chi connectivity index (χ0) is 8.97. The monoisotopic (exact) mass is 182 g/mol. The highest BCUT2D eigenvalue weighted by atomic mass is 32.2. The average Bonchev–Trinajstić information content (AvgIpc) is 2.70. The minimum absolute atomic E-state index is 0.790. The summed E-state index contributed by atoms with van der Waals surface area (Å²) in [6, 6.07) is 0. The van der Waals surface area contributed by atoms with Crippen LogP contribution in [0.3, 0.4) is 0 Å². The Balaban J connectivity index is 2.02. The third-order valence-electron chi connectivity index (χ3n) is 2.50. The molecule has 3 atom stereocenters. The van der Waals surface area contributed by atoms with Crippen molar-refractivity contribution < 1.29 is 0 Å².